The van der Waals surface area contributed by atoms with Gasteiger partial charge in [-0.2, -0.15) is 0 Å². The molecule has 0 aliphatic carbocycles. The van der Waals surface area contributed by atoms with Crippen molar-refractivity contribution in [2.75, 3.05) is 26.3 Å². The molecule has 1 saturated heterocycles. The third-order valence-corrected chi connectivity index (χ3v) is 3.55. The molecule has 4 heteroatoms. The van der Waals surface area contributed by atoms with Crippen LogP contribution in [0.4, 0.5) is 0 Å². The van der Waals surface area contributed by atoms with Gasteiger partial charge in [-0.25, -0.2) is 0 Å². The van der Waals surface area contributed by atoms with Gasteiger partial charge in [0.1, 0.15) is 0 Å². The fraction of sp³-hybridized carbons (Fsp3) is 0.750. The van der Waals surface area contributed by atoms with Crippen LogP contribution in [-0.2, 0) is 4.79 Å². The molecule has 1 aliphatic heterocycles. The van der Waals surface area contributed by atoms with Gasteiger partial charge in [-0.15, -0.1) is 0 Å². The maximum absolute atomic E-state index is 11.8. The second-order valence-corrected chi connectivity index (χ2v) is 4.58. The van der Waals surface area contributed by atoms with Crippen LogP contribution in [0, 0.1) is 5.41 Å². The summed E-state index contributed by atoms with van der Waals surface area (Å²) in [7, 11) is 0. The molecule has 1 amide bonds. The van der Waals surface area contributed by atoms with Gasteiger partial charge in [0, 0.05) is 24.1 Å². The zero-order valence-electron chi connectivity index (χ0n) is 10.1. The van der Waals surface area contributed by atoms with E-state index in [2.05, 4.69) is 0 Å². The van der Waals surface area contributed by atoms with Crippen LogP contribution in [-0.4, -0.2) is 47.3 Å². The molecule has 0 aromatic carbocycles. The van der Waals surface area contributed by atoms with E-state index in [1.807, 2.05) is 19.9 Å². The van der Waals surface area contributed by atoms with Gasteiger partial charge >= 0.3 is 0 Å². The Balaban J connectivity index is 2.58. The van der Waals surface area contributed by atoms with Gasteiger partial charge < -0.3 is 15.1 Å². The minimum atomic E-state index is -0.388. The van der Waals surface area contributed by atoms with E-state index in [-0.39, 0.29) is 24.5 Å². The molecule has 2 N–H and O–H groups in total. The highest BCUT2D eigenvalue weighted by Gasteiger charge is 2.34. The van der Waals surface area contributed by atoms with Crippen LogP contribution in [0.25, 0.3) is 0 Å². The van der Waals surface area contributed by atoms with Gasteiger partial charge in [0.15, 0.2) is 0 Å². The minimum Gasteiger partial charge on any atom is -0.396 e. The number of aliphatic hydroxyl groups is 2. The van der Waals surface area contributed by atoms with Crippen molar-refractivity contribution in [1.29, 1.82) is 0 Å². The van der Waals surface area contributed by atoms with Crippen LogP contribution in [0.3, 0.4) is 0 Å². The number of carbonyl (C=O) groups is 1. The number of aliphatic hydroxyl groups excluding tert-OH is 2. The monoisotopic (exact) mass is 227 g/mol. The van der Waals surface area contributed by atoms with E-state index in [4.69, 9.17) is 0 Å². The third-order valence-electron chi connectivity index (χ3n) is 3.55. The lowest BCUT2D eigenvalue weighted by atomic mass is 9.80. The molecular formula is C12H21NO3. The Hall–Kier alpha value is -0.870. The molecule has 16 heavy (non-hydrogen) atoms. The van der Waals surface area contributed by atoms with Crippen molar-refractivity contribution >= 4 is 5.91 Å². The predicted octanol–water partition coefficient (Wildman–Crippen LogP) is 0.546. The lowest BCUT2D eigenvalue weighted by Crippen LogP contribution is -2.46. The molecule has 1 rings (SSSR count). The van der Waals surface area contributed by atoms with E-state index in [0.29, 0.717) is 25.9 Å². The van der Waals surface area contributed by atoms with Gasteiger partial charge in [0.05, 0.1) is 13.2 Å². The Morgan fingerprint density at radius 2 is 1.81 bits per heavy atom. The largest absolute Gasteiger partial charge is 0.396 e. The molecule has 92 valence electrons. The van der Waals surface area contributed by atoms with Crippen molar-refractivity contribution in [3.63, 3.8) is 0 Å². The summed E-state index contributed by atoms with van der Waals surface area (Å²) >= 11 is 0. The molecule has 4 nitrogen and oxygen atoms in total. The summed E-state index contributed by atoms with van der Waals surface area (Å²) in [5, 5.41) is 18.5. The van der Waals surface area contributed by atoms with Gasteiger partial charge in [-0.05, 0) is 26.7 Å². The molecule has 0 atom stereocenters. The van der Waals surface area contributed by atoms with Gasteiger partial charge in [0.2, 0.25) is 5.91 Å². The average Bonchev–Trinajstić information content (AvgIpc) is 2.37. The summed E-state index contributed by atoms with van der Waals surface area (Å²) in [6.45, 7) is 4.88. The topological polar surface area (TPSA) is 60.8 Å². The number of carbonyl (C=O) groups excluding carboxylic acids is 1. The molecule has 0 radical (unpaired) electrons. The lowest BCUT2D eigenvalue weighted by molar-refractivity contribution is -0.130. The first-order chi connectivity index (χ1) is 7.58. The van der Waals surface area contributed by atoms with Gasteiger partial charge in [-0.3, -0.25) is 4.79 Å². The van der Waals surface area contributed by atoms with Gasteiger partial charge in [0.25, 0.3) is 0 Å². The number of nitrogens with zero attached hydrogens (tertiary/aromatic N) is 1. The average molecular weight is 227 g/mol. The molecule has 1 aliphatic rings. The standard InChI is InChI=1S/C12H21NO3/c1-3-10(2)11(16)13-6-4-12(8-14,9-15)5-7-13/h3,14-15H,4-9H2,1-2H3/b10-3+. The van der Waals surface area contributed by atoms with Crippen LogP contribution in [0.1, 0.15) is 26.7 Å². The lowest BCUT2D eigenvalue weighted by Gasteiger charge is -2.39. The number of rotatable bonds is 3. The highest BCUT2D eigenvalue weighted by Crippen LogP contribution is 2.30. The van der Waals surface area contributed by atoms with Crippen molar-refractivity contribution in [2.24, 2.45) is 5.41 Å². The summed E-state index contributed by atoms with van der Waals surface area (Å²) in [5.41, 5.74) is 0.362. The summed E-state index contributed by atoms with van der Waals surface area (Å²) in [5.74, 6) is 0.0620. The maximum atomic E-state index is 11.8. The number of hydrogen-bond donors (Lipinski definition) is 2. The van der Waals surface area contributed by atoms with E-state index >= 15 is 0 Å². The Morgan fingerprint density at radius 1 is 1.31 bits per heavy atom. The highest BCUT2D eigenvalue weighted by atomic mass is 16.3. The Morgan fingerprint density at radius 3 is 2.19 bits per heavy atom. The number of allylic oxidation sites excluding steroid dienone is 1. The van der Waals surface area contributed by atoms with Crippen LogP contribution < -0.4 is 0 Å². The molecule has 0 aromatic rings. The van der Waals surface area contributed by atoms with Crippen molar-refractivity contribution in [3.05, 3.63) is 11.6 Å². The van der Waals surface area contributed by atoms with E-state index in [0.717, 1.165) is 5.57 Å². The number of piperidine rings is 1. The fourth-order valence-corrected chi connectivity index (χ4v) is 1.92. The van der Waals surface area contributed by atoms with Crippen molar-refractivity contribution in [1.82, 2.24) is 4.90 Å². The first-order valence-corrected chi connectivity index (χ1v) is 5.72. The summed E-state index contributed by atoms with van der Waals surface area (Å²) in [6, 6.07) is 0. The Kier molecular flexibility index (Phi) is 4.50. The second kappa shape index (κ2) is 5.46. The summed E-state index contributed by atoms with van der Waals surface area (Å²) in [4.78, 5) is 13.6. The smallest absolute Gasteiger partial charge is 0.249 e. The molecular weight excluding hydrogens is 206 g/mol. The molecule has 0 spiro atoms. The number of hydrogen-bond acceptors (Lipinski definition) is 3. The van der Waals surface area contributed by atoms with Crippen molar-refractivity contribution in [2.45, 2.75) is 26.7 Å². The van der Waals surface area contributed by atoms with Crippen LogP contribution in [0.15, 0.2) is 11.6 Å². The third kappa shape index (κ3) is 2.62. The van der Waals surface area contributed by atoms with Crippen LogP contribution in [0.5, 0.6) is 0 Å². The van der Waals surface area contributed by atoms with E-state index in [1.54, 1.807) is 4.90 Å². The van der Waals surface area contributed by atoms with Crippen LogP contribution in [0.2, 0.25) is 0 Å². The SMILES string of the molecule is C/C=C(\C)C(=O)N1CCC(CO)(CO)CC1. The predicted molar refractivity (Wildman–Crippen MR) is 61.8 cm³/mol. The summed E-state index contributed by atoms with van der Waals surface area (Å²) in [6.07, 6.45) is 3.15. The van der Waals surface area contributed by atoms with E-state index in [9.17, 15) is 15.0 Å². The van der Waals surface area contributed by atoms with Crippen LogP contribution >= 0.6 is 0 Å². The zero-order chi connectivity index (χ0) is 12.2. The normalized spacial score (nSPS) is 21.0. The van der Waals surface area contributed by atoms with Gasteiger partial charge in [-0.1, -0.05) is 6.08 Å². The van der Waals surface area contributed by atoms with Crippen molar-refractivity contribution < 1.29 is 15.0 Å². The molecule has 0 aromatic heterocycles. The number of likely N-dealkylation sites (tertiary alicyclic amines) is 1. The minimum absolute atomic E-state index is 0.00582. The molecule has 1 fully saturated rings. The molecule has 0 saturated carbocycles. The first kappa shape index (κ1) is 13.2. The second-order valence-electron chi connectivity index (χ2n) is 4.58. The Labute approximate surface area is 96.6 Å². The molecule has 0 unspecified atom stereocenters. The fourth-order valence-electron chi connectivity index (χ4n) is 1.92. The quantitative estimate of drug-likeness (QED) is 0.692. The first-order valence-electron chi connectivity index (χ1n) is 5.72. The van der Waals surface area contributed by atoms with Crippen molar-refractivity contribution in [3.8, 4) is 0 Å². The van der Waals surface area contributed by atoms with E-state index < -0.39 is 0 Å². The zero-order valence-corrected chi connectivity index (χ0v) is 10.1. The Bertz CT molecular complexity index is 272. The maximum Gasteiger partial charge on any atom is 0.249 e. The summed E-state index contributed by atoms with van der Waals surface area (Å²) < 4.78 is 0. The highest BCUT2D eigenvalue weighted by molar-refractivity contribution is 5.92. The molecule has 1 heterocycles. The molecule has 0 bridgehead atoms. The number of amides is 1. The van der Waals surface area contributed by atoms with E-state index in [1.165, 1.54) is 0 Å².